The number of thiazole rings is 1. The summed E-state index contributed by atoms with van der Waals surface area (Å²) in [6.07, 6.45) is 1.77. The number of pyridine rings is 1. The summed E-state index contributed by atoms with van der Waals surface area (Å²) in [6.45, 7) is 6.94. The fourth-order valence-electron chi connectivity index (χ4n) is 8.82. The van der Waals surface area contributed by atoms with E-state index in [1.807, 2.05) is 4.90 Å². The van der Waals surface area contributed by atoms with Gasteiger partial charge in [0.2, 0.25) is 0 Å². The minimum absolute atomic E-state index is 0.0509. The molecule has 0 aliphatic carbocycles. The lowest BCUT2D eigenvalue weighted by atomic mass is 9.95. The Kier molecular flexibility index (Phi) is 8.99. The van der Waals surface area contributed by atoms with E-state index >= 15 is 8.78 Å². The lowest BCUT2D eigenvalue weighted by Gasteiger charge is -2.47. The van der Waals surface area contributed by atoms with Crippen LogP contribution in [-0.4, -0.2) is 122 Å². The van der Waals surface area contributed by atoms with E-state index in [2.05, 4.69) is 25.2 Å². The van der Waals surface area contributed by atoms with E-state index in [-0.39, 0.29) is 75.9 Å². The van der Waals surface area contributed by atoms with Crippen LogP contribution in [0.3, 0.4) is 0 Å². The second-order valence-corrected chi connectivity index (χ2v) is 16.7. The zero-order valence-corrected chi connectivity index (χ0v) is 31.1. The van der Waals surface area contributed by atoms with E-state index in [0.29, 0.717) is 31.6 Å². The second kappa shape index (κ2) is 13.3. The number of ether oxygens (including phenoxy) is 3. The highest BCUT2D eigenvalue weighted by atomic mass is 32.1. The third-order valence-corrected chi connectivity index (χ3v) is 11.9. The van der Waals surface area contributed by atoms with Crippen molar-refractivity contribution in [3.05, 3.63) is 30.0 Å². The van der Waals surface area contributed by atoms with Gasteiger partial charge in [0.25, 0.3) is 0 Å². The predicted octanol–water partition coefficient (Wildman–Crippen LogP) is 6.23. The van der Waals surface area contributed by atoms with Crippen LogP contribution >= 0.6 is 11.3 Å². The molecule has 3 aromatic heterocycles. The number of amides is 2. The third-order valence-electron chi connectivity index (χ3n) is 10.9. The molecule has 4 atom stereocenters. The maximum Gasteiger partial charge on any atom is 0.413 e. The lowest BCUT2D eigenvalue weighted by Crippen LogP contribution is -2.65. The molecule has 2 bridgehead atoms. The van der Waals surface area contributed by atoms with Crippen LogP contribution in [0.25, 0.3) is 32.4 Å². The Morgan fingerprint density at radius 2 is 1.91 bits per heavy atom. The molecule has 54 heavy (non-hydrogen) atoms. The van der Waals surface area contributed by atoms with Crippen molar-refractivity contribution >= 4 is 55.6 Å². The van der Waals surface area contributed by atoms with Crippen LogP contribution in [0, 0.1) is 11.6 Å². The fourth-order valence-corrected chi connectivity index (χ4v) is 9.71. The summed E-state index contributed by atoms with van der Waals surface area (Å²) in [5, 5.41) is 13.0. The van der Waals surface area contributed by atoms with Crippen LogP contribution in [0.2, 0.25) is 0 Å². The number of rotatable bonds is 8. The van der Waals surface area contributed by atoms with Gasteiger partial charge in [0.1, 0.15) is 41.2 Å². The maximum atomic E-state index is 17.1. The Bertz CT molecular complexity index is 2150. The van der Waals surface area contributed by atoms with Gasteiger partial charge in [-0.05, 0) is 65.1 Å². The molecule has 18 heteroatoms. The smallest absolute Gasteiger partial charge is 0.413 e. The molecule has 4 fully saturated rings. The molecular formula is C36H41F3N8O6S. The quantitative estimate of drug-likeness (QED) is 0.209. The summed E-state index contributed by atoms with van der Waals surface area (Å²) in [5.41, 5.74) is -2.22. The molecule has 0 radical (unpaired) electrons. The van der Waals surface area contributed by atoms with E-state index in [0.717, 1.165) is 30.7 Å². The normalized spacial score (nSPS) is 25.5. The number of fused-ring (bicyclic) bond motifs is 5. The van der Waals surface area contributed by atoms with Crippen LogP contribution in [0.5, 0.6) is 6.01 Å². The number of nitrogens with zero attached hydrogens (tertiary/aromatic N) is 7. The average Bonchev–Trinajstić information content (AvgIpc) is 3.83. The topological polar surface area (TPSA) is 155 Å². The monoisotopic (exact) mass is 770 g/mol. The SMILES string of the molecule is COC[C@@]12CC[C@@H](CN(c3nc(OC[C@@]45CCCN4C[C@H](F)C5)nc4c(F)c(-c5ccc(F)c6sc(NC(=O)OC(C)(C)C)nc56)ncc34)C1)N2C(=O)O. The maximum absolute atomic E-state index is 17.1. The standard InChI is InChI=1S/C36H41F3N8O6S/c1-34(2,3)53-32(48)44-31-42-27-21(6-7-23(38)28(27)54-31)25-24(39)26-22(13-40-25)29(45-15-20-8-10-36(16-45,17-51-4)47(20)33(49)50)43-30(41-26)52-18-35-9-5-11-46(35)14-19(37)12-35/h6-7,13,19-20H,5,8-12,14-18H2,1-4H3,(H,49,50)(H,42,44,48)/t19-,20+,35+,36-/m1/s1. The highest BCUT2D eigenvalue weighted by molar-refractivity contribution is 7.22. The van der Waals surface area contributed by atoms with E-state index in [9.17, 15) is 19.1 Å². The molecule has 7 heterocycles. The molecule has 0 spiro atoms. The van der Waals surface area contributed by atoms with Gasteiger partial charge < -0.3 is 24.2 Å². The zero-order chi connectivity index (χ0) is 38.2. The van der Waals surface area contributed by atoms with Crippen molar-refractivity contribution in [3.8, 4) is 17.3 Å². The van der Waals surface area contributed by atoms with Gasteiger partial charge in [0.15, 0.2) is 10.9 Å². The van der Waals surface area contributed by atoms with Gasteiger partial charge in [-0.1, -0.05) is 11.3 Å². The number of methoxy groups -OCH3 is 1. The van der Waals surface area contributed by atoms with Crippen molar-refractivity contribution in [1.82, 2.24) is 29.7 Å². The highest BCUT2D eigenvalue weighted by Gasteiger charge is 2.54. The Morgan fingerprint density at radius 1 is 1.09 bits per heavy atom. The number of anilines is 2. The van der Waals surface area contributed by atoms with Crippen LogP contribution in [0.15, 0.2) is 18.3 Å². The molecule has 4 aliphatic heterocycles. The first-order valence-corrected chi connectivity index (χ1v) is 18.7. The fraction of sp³-hybridized carbons (Fsp3) is 0.556. The average molecular weight is 771 g/mol. The molecule has 4 aromatic rings. The Labute approximate surface area is 312 Å². The Balaban J connectivity index is 1.22. The first-order valence-electron chi connectivity index (χ1n) is 17.9. The summed E-state index contributed by atoms with van der Waals surface area (Å²) in [7, 11) is 1.52. The van der Waals surface area contributed by atoms with Gasteiger partial charge >= 0.3 is 18.2 Å². The first-order chi connectivity index (χ1) is 25.7. The molecule has 4 aliphatic rings. The van der Waals surface area contributed by atoms with Gasteiger partial charge in [0.05, 0.1) is 39.3 Å². The van der Waals surface area contributed by atoms with Crippen LogP contribution < -0.4 is 15.0 Å². The highest BCUT2D eigenvalue weighted by Crippen LogP contribution is 2.44. The largest absolute Gasteiger partial charge is 0.465 e. The summed E-state index contributed by atoms with van der Waals surface area (Å²) < 4.78 is 64.0. The summed E-state index contributed by atoms with van der Waals surface area (Å²) in [6, 6.07) is 2.05. The number of hydrogen-bond donors (Lipinski definition) is 2. The van der Waals surface area contributed by atoms with Crippen LogP contribution in [-0.2, 0) is 9.47 Å². The van der Waals surface area contributed by atoms with Crippen molar-refractivity contribution in [2.45, 2.75) is 81.8 Å². The first kappa shape index (κ1) is 36.4. The molecule has 1 aromatic carbocycles. The predicted molar refractivity (Wildman–Crippen MR) is 194 cm³/mol. The minimum Gasteiger partial charge on any atom is -0.465 e. The van der Waals surface area contributed by atoms with E-state index in [4.69, 9.17) is 19.2 Å². The van der Waals surface area contributed by atoms with Crippen molar-refractivity contribution < 1.29 is 42.1 Å². The number of alkyl halides is 1. The van der Waals surface area contributed by atoms with Gasteiger partial charge in [-0.15, -0.1) is 0 Å². The summed E-state index contributed by atoms with van der Waals surface area (Å²) in [5.74, 6) is -1.15. The number of benzene rings is 1. The van der Waals surface area contributed by atoms with Gasteiger partial charge in [-0.3, -0.25) is 20.1 Å². The second-order valence-electron chi connectivity index (χ2n) is 15.7. The molecule has 4 saturated heterocycles. The number of piperazine rings is 1. The molecule has 288 valence electrons. The van der Waals surface area contributed by atoms with E-state index < -0.39 is 46.7 Å². The third kappa shape index (κ3) is 6.30. The lowest BCUT2D eigenvalue weighted by molar-refractivity contribution is 0.0178. The number of carboxylic acid groups (broad SMARTS) is 1. The Morgan fingerprint density at radius 3 is 2.67 bits per heavy atom. The number of carbonyl (C=O) groups is 2. The molecule has 0 saturated carbocycles. The number of hydrogen-bond acceptors (Lipinski definition) is 12. The summed E-state index contributed by atoms with van der Waals surface area (Å²) >= 11 is 0.871. The van der Waals surface area contributed by atoms with Crippen molar-refractivity contribution in [1.29, 1.82) is 0 Å². The number of halogens is 3. The van der Waals surface area contributed by atoms with Crippen molar-refractivity contribution in [2.75, 3.05) is 56.7 Å². The number of aromatic nitrogens is 4. The molecule has 8 rings (SSSR count). The van der Waals surface area contributed by atoms with Gasteiger partial charge in [-0.2, -0.15) is 9.97 Å². The number of carbonyl (C=O) groups excluding carboxylic acids is 1. The number of nitrogens with one attached hydrogen (secondary N) is 1. The van der Waals surface area contributed by atoms with Gasteiger partial charge in [-0.25, -0.2) is 27.7 Å². The van der Waals surface area contributed by atoms with E-state index in [1.165, 1.54) is 30.3 Å². The molecular weight excluding hydrogens is 730 g/mol. The Hall–Kier alpha value is -4.55. The zero-order valence-electron chi connectivity index (χ0n) is 30.3. The molecule has 14 nitrogen and oxygen atoms in total. The van der Waals surface area contributed by atoms with Crippen LogP contribution in [0.1, 0.15) is 52.9 Å². The molecule has 2 amide bonds. The minimum atomic E-state index is -1.04. The van der Waals surface area contributed by atoms with Crippen LogP contribution in [0.4, 0.5) is 33.7 Å². The molecule has 0 unspecified atom stereocenters. The molecule has 2 N–H and O–H groups in total. The van der Waals surface area contributed by atoms with Crippen molar-refractivity contribution in [2.24, 2.45) is 0 Å². The van der Waals surface area contributed by atoms with Crippen molar-refractivity contribution in [3.63, 3.8) is 0 Å². The van der Waals surface area contributed by atoms with E-state index in [1.54, 1.807) is 20.8 Å². The van der Waals surface area contributed by atoms with Gasteiger partial charge in [0, 0.05) is 44.9 Å². The summed E-state index contributed by atoms with van der Waals surface area (Å²) in [4.78, 5) is 48.6.